The summed E-state index contributed by atoms with van der Waals surface area (Å²) in [6.07, 6.45) is 2.49. The van der Waals surface area contributed by atoms with Gasteiger partial charge in [-0.05, 0) is 41.8 Å². The number of rotatable bonds is 0. The van der Waals surface area contributed by atoms with Gasteiger partial charge in [0.05, 0.1) is 0 Å². The lowest BCUT2D eigenvalue weighted by Gasteiger charge is -2.50. The second-order valence-corrected chi connectivity index (χ2v) is 5.38. The van der Waals surface area contributed by atoms with Crippen molar-refractivity contribution in [3.8, 4) is 0 Å². The van der Waals surface area contributed by atoms with Gasteiger partial charge in [-0.2, -0.15) is 0 Å². The lowest BCUT2D eigenvalue weighted by atomic mass is 9.60. The smallest absolute Gasteiger partial charge is 0.0142 e. The molecule has 2 aliphatic rings. The van der Waals surface area contributed by atoms with Gasteiger partial charge in [0, 0.05) is 6.04 Å². The summed E-state index contributed by atoms with van der Waals surface area (Å²) in [5.74, 6) is 0.765. The van der Waals surface area contributed by atoms with Crippen LogP contribution in [0.4, 0.5) is 0 Å². The Labute approximate surface area is 91.9 Å². The standard InChI is InChI=1S/C14H19N/c1-10-13-9-11-5-3-4-6-12(11)14(10,2)7-8-15-13/h3-6,10,13,15H,7-9H2,1-2H3/t10-,13-,14-/m1/s1. The SMILES string of the molecule is C[C@@H]1[C@H]2Cc3ccccc3[C@]1(C)CCN2. The average molecular weight is 201 g/mol. The summed E-state index contributed by atoms with van der Waals surface area (Å²) in [5, 5.41) is 3.67. The fraction of sp³-hybridized carbons (Fsp3) is 0.571. The van der Waals surface area contributed by atoms with Crippen LogP contribution >= 0.6 is 0 Å². The first-order valence-electron chi connectivity index (χ1n) is 6.03. The summed E-state index contributed by atoms with van der Waals surface area (Å²) in [6.45, 7) is 6.04. The van der Waals surface area contributed by atoms with Crippen molar-refractivity contribution in [3.05, 3.63) is 35.4 Å². The van der Waals surface area contributed by atoms with Gasteiger partial charge < -0.3 is 5.32 Å². The predicted octanol–water partition coefficient (Wildman–Crippen LogP) is 2.50. The van der Waals surface area contributed by atoms with Gasteiger partial charge in [0.25, 0.3) is 0 Å². The maximum Gasteiger partial charge on any atom is 0.0142 e. The second-order valence-electron chi connectivity index (χ2n) is 5.38. The molecule has 2 bridgehead atoms. The maximum absolute atomic E-state index is 3.67. The third-order valence-electron chi connectivity index (χ3n) is 4.73. The summed E-state index contributed by atoms with van der Waals surface area (Å²) in [6, 6.07) is 9.71. The van der Waals surface area contributed by atoms with Crippen LogP contribution in [0.2, 0.25) is 0 Å². The van der Waals surface area contributed by atoms with Crippen molar-refractivity contribution in [2.75, 3.05) is 6.54 Å². The fourth-order valence-corrected chi connectivity index (χ4v) is 3.49. The summed E-state index contributed by atoms with van der Waals surface area (Å²) in [5.41, 5.74) is 3.58. The topological polar surface area (TPSA) is 12.0 Å². The van der Waals surface area contributed by atoms with Crippen molar-refractivity contribution in [1.29, 1.82) is 0 Å². The quantitative estimate of drug-likeness (QED) is 0.680. The highest BCUT2D eigenvalue weighted by Gasteiger charge is 2.44. The third-order valence-corrected chi connectivity index (χ3v) is 4.73. The lowest BCUT2D eigenvalue weighted by molar-refractivity contribution is 0.158. The van der Waals surface area contributed by atoms with Crippen molar-refractivity contribution in [2.45, 2.75) is 38.1 Å². The predicted molar refractivity (Wildman–Crippen MR) is 63.1 cm³/mol. The molecule has 1 nitrogen and oxygen atoms in total. The molecule has 3 rings (SSSR count). The number of fused-ring (bicyclic) bond motifs is 4. The minimum atomic E-state index is 0.408. The second kappa shape index (κ2) is 3.08. The van der Waals surface area contributed by atoms with Gasteiger partial charge in [0.15, 0.2) is 0 Å². The Kier molecular flexibility index (Phi) is 1.93. The zero-order chi connectivity index (χ0) is 10.5. The van der Waals surface area contributed by atoms with Gasteiger partial charge in [0.2, 0.25) is 0 Å². The molecule has 0 aromatic heterocycles. The van der Waals surface area contributed by atoms with Crippen LogP contribution in [-0.2, 0) is 11.8 Å². The Bertz CT molecular complexity index is 385. The molecule has 0 radical (unpaired) electrons. The minimum absolute atomic E-state index is 0.408. The van der Waals surface area contributed by atoms with Gasteiger partial charge >= 0.3 is 0 Å². The molecule has 1 fully saturated rings. The maximum atomic E-state index is 3.67. The van der Waals surface area contributed by atoms with Crippen LogP contribution in [0.5, 0.6) is 0 Å². The van der Waals surface area contributed by atoms with E-state index in [9.17, 15) is 0 Å². The Morgan fingerprint density at radius 3 is 3.00 bits per heavy atom. The molecule has 0 spiro atoms. The van der Waals surface area contributed by atoms with E-state index in [4.69, 9.17) is 0 Å². The van der Waals surface area contributed by atoms with Gasteiger partial charge in [0.1, 0.15) is 0 Å². The highest BCUT2D eigenvalue weighted by Crippen LogP contribution is 2.45. The van der Waals surface area contributed by atoms with E-state index in [0.717, 1.165) is 5.92 Å². The molecule has 1 aromatic carbocycles. The molecule has 1 aliphatic heterocycles. The van der Waals surface area contributed by atoms with Crippen molar-refractivity contribution in [2.24, 2.45) is 5.92 Å². The highest BCUT2D eigenvalue weighted by molar-refractivity contribution is 5.39. The summed E-state index contributed by atoms with van der Waals surface area (Å²) < 4.78 is 0. The van der Waals surface area contributed by atoms with Crippen LogP contribution in [0.1, 0.15) is 31.4 Å². The number of nitrogens with one attached hydrogen (secondary N) is 1. The van der Waals surface area contributed by atoms with E-state index in [-0.39, 0.29) is 0 Å². The van der Waals surface area contributed by atoms with Gasteiger partial charge in [-0.25, -0.2) is 0 Å². The Balaban J connectivity index is 2.17. The lowest BCUT2D eigenvalue weighted by Crippen LogP contribution is -2.56. The Morgan fingerprint density at radius 1 is 1.33 bits per heavy atom. The van der Waals surface area contributed by atoms with E-state index in [1.165, 1.54) is 19.4 Å². The van der Waals surface area contributed by atoms with Crippen LogP contribution in [0, 0.1) is 5.92 Å². The molecular formula is C14H19N. The molecule has 80 valence electrons. The molecule has 1 heteroatoms. The Hall–Kier alpha value is -0.820. The molecule has 0 saturated carbocycles. The number of piperidine rings is 1. The molecule has 1 N–H and O–H groups in total. The normalized spacial score (nSPS) is 38.5. The van der Waals surface area contributed by atoms with E-state index in [1.807, 2.05) is 0 Å². The van der Waals surface area contributed by atoms with Crippen LogP contribution < -0.4 is 5.32 Å². The van der Waals surface area contributed by atoms with Gasteiger partial charge in [-0.3, -0.25) is 0 Å². The number of hydrogen-bond acceptors (Lipinski definition) is 1. The molecule has 1 aliphatic carbocycles. The van der Waals surface area contributed by atoms with Crippen molar-refractivity contribution < 1.29 is 0 Å². The number of hydrogen-bond donors (Lipinski definition) is 1. The van der Waals surface area contributed by atoms with Crippen LogP contribution in [0.15, 0.2) is 24.3 Å². The third kappa shape index (κ3) is 1.19. The van der Waals surface area contributed by atoms with Crippen molar-refractivity contribution >= 4 is 0 Å². The zero-order valence-corrected chi connectivity index (χ0v) is 9.59. The first-order valence-corrected chi connectivity index (χ1v) is 6.03. The van der Waals surface area contributed by atoms with Crippen molar-refractivity contribution in [3.63, 3.8) is 0 Å². The van der Waals surface area contributed by atoms with Crippen LogP contribution in [0.3, 0.4) is 0 Å². The van der Waals surface area contributed by atoms with Crippen LogP contribution in [0.25, 0.3) is 0 Å². The average Bonchev–Trinajstić information content (AvgIpc) is 2.23. The minimum Gasteiger partial charge on any atom is -0.313 e. The molecule has 1 saturated heterocycles. The molecule has 1 heterocycles. The van der Waals surface area contributed by atoms with E-state index < -0.39 is 0 Å². The van der Waals surface area contributed by atoms with Crippen molar-refractivity contribution in [1.82, 2.24) is 5.32 Å². The van der Waals surface area contributed by atoms with E-state index in [1.54, 1.807) is 11.1 Å². The van der Waals surface area contributed by atoms with E-state index >= 15 is 0 Å². The molecule has 0 amide bonds. The molecule has 1 aromatic rings. The number of benzene rings is 1. The van der Waals surface area contributed by atoms with E-state index in [0.29, 0.717) is 11.5 Å². The zero-order valence-electron chi connectivity index (χ0n) is 9.59. The van der Waals surface area contributed by atoms with Gasteiger partial charge in [-0.1, -0.05) is 38.1 Å². The molecular weight excluding hydrogens is 182 g/mol. The molecule has 3 atom stereocenters. The van der Waals surface area contributed by atoms with Gasteiger partial charge in [-0.15, -0.1) is 0 Å². The van der Waals surface area contributed by atoms with E-state index in [2.05, 4.69) is 43.4 Å². The first kappa shape index (κ1) is 9.41. The van der Waals surface area contributed by atoms with Crippen LogP contribution in [-0.4, -0.2) is 12.6 Å². The fourth-order valence-electron chi connectivity index (χ4n) is 3.49. The summed E-state index contributed by atoms with van der Waals surface area (Å²) in [7, 11) is 0. The molecule has 0 unspecified atom stereocenters. The highest BCUT2D eigenvalue weighted by atomic mass is 14.9. The largest absolute Gasteiger partial charge is 0.313 e. The summed E-state index contributed by atoms with van der Waals surface area (Å²) >= 11 is 0. The summed E-state index contributed by atoms with van der Waals surface area (Å²) in [4.78, 5) is 0. The molecule has 15 heavy (non-hydrogen) atoms. The Morgan fingerprint density at radius 2 is 2.13 bits per heavy atom. The monoisotopic (exact) mass is 201 g/mol. The first-order chi connectivity index (χ1) is 7.22.